The third-order valence-corrected chi connectivity index (χ3v) is 5.35. The number of nitro groups is 1. The van der Waals surface area contributed by atoms with E-state index in [2.05, 4.69) is 5.32 Å². The van der Waals surface area contributed by atoms with E-state index >= 15 is 0 Å². The van der Waals surface area contributed by atoms with Crippen molar-refractivity contribution in [1.29, 1.82) is 0 Å². The van der Waals surface area contributed by atoms with Gasteiger partial charge in [0.2, 0.25) is 15.9 Å². The summed E-state index contributed by atoms with van der Waals surface area (Å²) in [5.41, 5.74) is -2.23. The van der Waals surface area contributed by atoms with Gasteiger partial charge in [0.05, 0.1) is 34.6 Å². The minimum absolute atomic E-state index is 0.0825. The van der Waals surface area contributed by atoms with Crippen LogP contribution in [0.5, 0.6) is 5.75 Å². The van der Waals surface area contributed by atoms with Crippen molar-refractivity contribution in [3.63, 3.8) is 0 Å². The first-order valence-corrected chi connectivity index (χ1v) is 10.4. The highest BCUT2D eigenvalue weighted by Crippen LogP contribution is 2.35. The molecule has 0 fully saturated rings. The Kier molecular flexibility index (Phi) is 7.01. The number of ether oxygens (including phenoxy) is 1. The average molecular weight is 482 g/mol. The van der Waals surface area contributed by atoms with Gasteiger partial charge in [-0.15, -0.1) is 0 Å². The molecule has 0 bridgehead atoms. The van der Waals surface area contributed by atoms with Gasteiger partial charge in [-0.1, -0.05) is 11.6 Å². The van der Waals surface area contributed by atoms with Crippen molar-refractivity contribution in [2.45, 2.75) is 6.18 Å². The molecule has 0 aliphatic rings. The Morgan fingerprint density at radius 1 is 1.26 bits per heavy atom. The largest absolute Gasteiger partial charge is 0.495 e. The summed E-state index contributed by atoms with van der Waals surface area (Å²) in [6, 6.07) is 5.36. The van der Waals surface area contributed by atoms with Crippen molar-refractivity contribution in [1.82, 2.24) is 0 Å². The fraction of sp³-hybridized carbons (Fsp3) is 0.235. The molecule has 0 saturated heterocycles. The van der Waals surface area contributed by atoms with Crippen LogP contribution in [0.15, 0.2) is 36.4 Å². The maximum absolute atomic E-state index is 12.9. The molecule has 2 aromatic carbocycles. The van der Waals surface area contributed by atoms with Gasteiger partial charge in [-0.3, -0.25) is 19.2 Å². The van der Waals surface area contributed by atoms with E-state index in [1.54, 1.807) is 0 Å². The molecule has 168 valence electrons. The molecule has 0 aromatic heterocycles. The van der Waals surface area contributed by atoms with Crippen LogP contribution < -0.4 is 14.4 Å². The number of sulfonamides is 1. The Bertz CT molecular complexity index is 1120. The molecule has 0 saturated carbocycles. The van der Waals surface area contributed by atoms with E-state index < -0.39 is 44.8 Å². The molecule has 0 radical (unpaired) electrons. The predicted octanol–water partition coefficient (Wildman–Crippen LogP) is 3.68. The van der Waals surface area contributed by atoms with Crippen molar-refractivity contribution in [2.75, 3.05) is 29.5 Å². The van der Waals surface area contributed by atoms with Crippen LogP contribution in [-0.2, 0) is 21.0 Å². The Morgan fingerprint density at radius 2 is 1.90 bits per heavy atom. The van der Waals surface area contributed by atoms with Gasteiger partial charge in [0.1, 0.15) is 18.0 Å². The number of halogens is 4. The molecule has 1 N–H and O–H groups in total. The van der Waals surface area contributed by atoms with E-state index in [1.165, 1.54) is 7.11 Å². The van der Waals surface area contributed by atoms with Gasteiger partial charge in [-0.2, -0.15) is 13.2 Å². The number of anilines is 2. The Balaban J connectivity index is 2.41. The van der Waals surface area contributed by atoms with E-state index in [0.717, 1.165) is 36.6 Å². The van der Waals surface area contributed by atoms with Crippen molar-refractivity contribution in [3.05, 3.63) is 57.1 Å². The third kappa shape index (κ3) is 5.98. The lowest BCUT2D eigenvalue weighted by Gasteiger charge is -2.23. The van der Waals surface area contributed by atoms with Gasteiger partial charge in [0.15, 0.2) is 0 Å². The summed E-state index contributed by atoms with van der Waals surface area (Å²) in [5, 5.41) is 13.0. The van der Waals surface area contributed by atoms with E-state index in [-0.39, 0.29) is 22.1 Å². The van der Waals surface area contributed by atoms with Crippen LogP contribution in [0.4, 0.5) is 30.2 Å². The third-order valence-electron chi connectivity index (χ3n) is 3.90. The Morgan fingerprint density at radius 3 is 2.42 bits per heavy atom. The highest BCUT2D eigenvalue weighted by Gasteiger charge is 2.31. The zero-order chi connectivity index (χ0) is 23.6. The second kappa shape index (κ2) is 8.98. The minimum atomic E-state index is -4.70. The molecule has 14 heteroatoms. The maximum Gasteiger partial charge on any atom is 0.416 e. The number of nitrogens with one attached hydrogen (secondary N) is 1. The van der Waals surface area contributed by atoms with Gasteiger partial charge in [0.25, 0.3) is 5.69 Å². The van der Waals surface area contributed by atoms with E-state index in [0.29, 0.717) is 10.4 Å². The molecular formula is C17H15ClF3N3O6S. The lowest BCUT2D eigenvalue weighted by molar-refractivity contribution is -0.384. The summed E-state index contributed by atoms with van der Waals surface area (Å²) < 4.78 is 68.8. The van der Waals surface area contributed by atoms with Crippen LogP contribution in [0.2, 0.25) is 5.02 Å². The number of hydrogen-bond donors (Lipinski definition) is 1. The number of amides is 1. The molecule has 0 heterocycles. The summed E-state index contributed by atoms with van der Waals surface area (Å²) in [7, 11) is -2.98. The molecule has 0 spiro atoms. The molecule has 2 rings (SSSR count). The van der Waals surface area contributed by atoms with E-state index in [9.17, 15) is 36.5 Å². The number of benzene rings is 2. The quantitative estimate of drug-likeness (QED) is 0.476. The summed E-state index contributed by atoms with van der Waals surface area (Å²) in [5.74, 6) is -1.12. The number of nitrogens with zero attached hydrogens (tertiary/aromatic N) is 2. The number of nitro benzene ring substituents is 1. The van der Waals surface area contributed by atoms with Gasteiger partial charge in [-0.05, 0) is 24.3 Å². The molecule has 0 aliphatic carbocycles. The summed E-state index contributed by atoms with van der Waals surface area (Å²) in [6.07, 6.45) is -3.95. The molecule has 31 heavy (non-hydrogen) atoms. The Labute approximate surface area is 179 Å². The number of methoxy groups -OCH3 is 1. The molecule has 2 aromatic rings. The second-order valence-corrected chi connectivity index (χ2v) is 8.44. The SMILES string of the molecule is COc1ccc([N+](=O)[O-])cc1N(CC(=O)Nc1cc(C(F)(F)F)ccc1Cl)S(C)(=O)=O. The summed E-state index contributed by atoms with van der Waals surface area (Å²) in [4.78, 5) is 22.7. The number of hydrogen-bond acceptors (Lipinski definition) is 6. The van der Waals surface area contributed by atoms with Crippen LogP contribution >= 0.6 is 11.6 Å². The number of carbonyl (C=O) groups is 1. The van der Waals surface area contributed by atoms with Crippen LogP contribution in [0.3, 0.4) is 0 Å². The number of alkyl halides is 3. The fourth-order valence-corrected chi connectivity index (χ4v) is 3.50. The summed E-state index contributed by atoms with van der Waals surface area (Å²) >= 11 is 5.83. The fourth-order valence-electron chi connectivity index (χ4n) is 2.49. The maximum atomic E-state index is 12.9. The molecule has 0 atom stereocenters. The zero-order valence-corrected chi connectivity index (χ0v) is 17.5. The van der Waals surface area contributed by atoms with Gasteiger partial charge in [-0.25, -0.2) is 8.42 Å². The number of carbonyl (C=O) groups excluding carboxylic acids is 1. The molecular weight excluding hydrogens is 467 g/mol. The normalized spacial score (nSPS) is 11.7. The van der Waals surface area contributed by atoms with Crippen LogP contribution in [0.25, 0.3) is 0 Å². The monoisotopic (exact) mass is 481 g/mol. The second-order valence-electron chi connectivity index (χ2n) is 6.12. The first kappa shape index (κ1) is 24.2. The minimum Gasteiger partial charge on any atom is -0.495 e. The van der Waals surface area contributed by atoms with Gasteiger partial charge < -0.3 is 10.1 Å². The number of non-ortho nitro benzene ring substituents is 1. The standard InChI is InChI=1S/C17H15ClF3N3O6S/c1-30-15-6-4-11(24(26)27)8-14(15)23(31(2,28)29)9-16(25)22-13-7-10(17(19,20)21)3-5-12(13)18/h3-8H,9H2,1-2H3,(H,22,25). The highest BCUT2D eigenvalue weighted by atomic mass is 35.5. The lowest BCUT2D eigenvalue weighted by Crippen LogP contribution is -2.37. The van der Waals surface area contributed by atoms with Crippen LogP contribution in [0, 0.1) is 10.1 Å². The first-order chi connectivity index (χ1) is 14.2. The first-order valence-electron chi connectivity index (χ1n) is 8.20. The summed E-state index contributed by atoms with van der Waals surface area (Å²) in [6.45, 7) is -0.914. The molecule has 9 nitrogen and oxygen atoms in total. The highest BCUT2D eigenvalue weighted by molar-refractivity contribution is 7.92. The van der Waals surface area contributed by atoms with Crippen molar-refractivity contribution in [3.8, 4) is 5.75 Å². The average Bonchev–Trinajstić information content (AvgIpc) is 2.65. The van der Waals surface area contributed by atoms with Crippen molar-refractivity contribution in [2.24, 2.45) is 0 Å². The van der Waals surface area contributed by atoms with E-state index in [4.69, 9.17) is 16.3 Å². The van der Waals surface area contributed by atoms with Crippen LogP contribution in [-0.4, -0.2) is 39.2 Å². The Hall–Kier alpha value is -3.06. The smallest absolute Gasteiger partial charge is 0.416 e. The topological polar surface area (TPSA) is 119 Å². The van der Waals surface area contributed by atoms with E-state index in [1.807, 2.05) is 0 Å². The molecule has 0 unspecified atom stereocenters. The van der Waals surface area contributed by atoms with Gasteiger partial charge in [0, 0.05) is 12.1 Å². The lowest BCUT2D eigenvalue weighted by atomic mass is 10.2. The zero-order valence-electron chi connectivity index (χ0n) is 15.9. The van der Waals surface area contributed by atoms with Crippen molar-refractivity contribution < 1.29 is 36.0 Å². The van der Waals surface area contributed by atoms with Gasteiger partial charge >= 0.3 is 6.18 Å². The van der Waals surface area contributed by atoms with Crippen LogP contribution in [0.1, 0.15) is 5.56 Å². The molecule has 1 amide bonds. The molecule has 0 aliphatic heterocycles. The predicted molar refractivity (Wildman–Crippen MR) is 107 cm³/mol. The number of rotatable bonds is 7. The van der Waals surface area contributed by atoms with Crippen molar-refractivity contribution >= 4 is 44.6 Å².